The van der Waals surface area contributed by atoms with Crippen LogP contribution in [0.5, 0.6) is 5.75 Å². The van der Waals surface area contributed by atoms with Crippen LogP contribution in [0.4, 0.5) is 0 Å². The van der Waals surface area contributed by atoms with Gasteiger partial charge in [0, 0.05) is 40.9 Å². The number of carbonyl (C=O) groups is 1. The van der Waals surface area contributed by atoms with Gasteiger partial charge in [0.15, 0.2) is 6.29 Å². The lowest BCUT2D eigenvalue weighted by atomic mass is 9.42. The van der Waals surface area contributed by atoms with Crippen LogP contribution in [-0.4, -0.2) is 40.5 Å². The zero-order valence-corrected chi connectivity index (χ0v) is 29.9. The molecule has 9 atom stereocenters. The van der Waals surface area contributed by atoms with Crippen molar-refractivity contribution >= 4 is 5.97 Å². The second-order valence-electron chi connectivity index (χ2n) is 15.6. The molecule has 1 N–H and O–H groups in total. The second-order valence-corrected chi connectivity index (χ2v) is 15.6. The number of nitriles is 1. The van der Waals surface area contributed by atoms with Crippen molar-refractivity contribution in [2.24, 2.45) is 22.7 Å². The summed E-state index contributed by atoms with van der Waals surface area (Å²) < 4.78 is 32.5. The molecule has 2 aliphatic carbocycles. The summed E-state index contributed by atoms with van der Waals surface area (Å²) in [7, 11) is 0. The number of rotatable bonds is 4. The molecule has 4 aliphatic rings. The first kappa shape index (κ1) is 34.3. The minimum atomic E-state index is -1.29. The van der Waals surface area contributed by atoms with E-state index in [-0.39, 0.29) is 34.7 Å². The van der Waals surface area contributed by atoms with Gasteiger partial charge in [0.2, 0.25) is 0 Å². The molecule has 52 heavy (non-hydrogen) atoms. The van der Waals surface area contributed by atoms with Crippen molar-refractivity contribution in [1.82, 2.24) is 4.98 Å². The molecule has 0 spiro atoms. The van der Waals surface area contributed by atoms with Crippen LogP contribution >= 0.6 is 0 Å². The molecule has 1 saturated heterocycles. The fourth-order valence-electron chi connectivity index (χ4n) is 10.1. The van der Waals surface area contributed by atoms with E-state index in [0.29, 0.717) is 37.0 Å². The summed E-state index contributed by atoms with van der Waals surface area (Å²) in [6.45, 7) is 10.7. The van der Waals surface area contributed by atoms with Gasteiger partial charge >= 0.3 is 11.6 Å². The first-order valence-electron chi connectivity index (χ1n) is 17.9. The Hall–Kier alpha value is -4.82. The maximum atomic E-state index is 13.9. The van der Waals surface area contributed by atoms with E-state index in [9.17, 15) is 20.0 Å². The van der Waals surface area contributed by atoms with E-state index in [4.69, 9.17) is 23.4 Å². The molecular formula is C42H42N2O8. The van der Waals surface area contributed by atoms with Crippen molar-refractivity contribution in [3.63, 3.8) is 0 Å². The number of benzene rings is 2. The van der Waals surface area contributed by atoms with Gasteiger partial charge in [0.05, 0.1) is 36.0 Å². The molecule has 0 radical (unpaired) electrons. The average molecular weight is 703 g/mol. The summed E-state index contributed by atoms with van der Waals surface area (Å²) in [5.74, 6) is -0.986. The Kier molecular flexibility index (Phi) is 8.18. The van der Waals surface area contributed by atoms with E-state index >= 15 is 0 Å². The summed E-state index contributed by atoms with van der Waals surface area (Å²) in [6, 6.07) is 19.6. The van der Waals surface area contributed by atoms with Gasteiger partial charge in [-0.25, -0.2) is 9.59 Å². The second kappa shape index (κ2) is 12.4. The van der Waals surface area contributed by atoms with Gasteiger partial charge in [-0.2, -0.15) is 5.26 Å². The molecular weight excluding hydrogens is 660 g/mol. The van der Waals surface area contributed by atoms with Crippen molar-refractivity contribution in [2.45, 2.75) is 84.1 Å². The molecule has 2 aromatic heterocycles. The van der Waals surface area contributed by atoms with E-state index in [1.54, 1.807) is 54.9 Å². The molecule has 0 amide bonds. The fourth-order valence-corrected chi connectivity index (χ4v) is 10.1. The van der Waals surface area contributed by atoms with Gasteiger partial charge in [0.25, 0.3) is 0 Å². The van der Waals surface area contributed by atoms with Gasteiger partial charge in [0.1, 0.15) is 28.8 Å². The van der Waals surface area contributed by atoms with Crippen molar-refractivity contribution in [3.8, 4) is 23.1 Å². The van der Waals surface area contributed by atoms with Crippen molar-refractivity contribution in [3.05, 3.63) is 117 Å². The third-order valence-electron chi connectivity index (χ3n) is 12.6. The highest BCUT2D eigenvalue weighted by Crippen LogP contribution is 2.68. The molecule has 8 rings (SSSR count). The van der Waals surface area contributed by atoms with Crippen molar-refractivity contribution in [1.29, 1.82) is 5.26 Å². The number of aromatic nitrogens is 1. The van der Waals surface area contributed by atoms with Crippen molar-refractivity contribution < 1.29 is 33.3 Å². The van der Waals surface area contributed by atoms with Gasteiger partial charge in [-0.05, 0) is 98.9 Å². The Morgan fingerprint density at radius 2 is 1.77 bits per heavy atom. The molecule has 4 aromatic rings. The lowest BCUT2D eigenvalue weighted by Crippen LogP contribution is -2.72. The average Bonchev–Trinajstić information content (AvgIpc) is 3.12. The fraction of sp³-hybridized carbons (Fsp3) is 0.429. The Morgan fingerprint density at radius 1 is 1.02 bits per heavy atom. The predicted octanol–water partition coefficient (Wildman–Crippen LogP) is 7.16. The summed E-state index contributed by atoms with van der Waals surface area (Å²) >= 11 is 0. The maximum absolute atomic E-state index is 13.9. The van der Waals surface area contributed by atoms with Crippen LogP contribution in [-0.2, 0) is 14.2 Å². The number of fused-ring (bicyclic) bond motifs is 6. The van der Waals surface area contributed by atoms with Gasteiger partial charge in [-0.1, -0.05) is 32.0 Å². The highest BCUT2D eigenvalue weighted by molar-refractivity contribution is 5.89. The zero-order chi connectivity index (χ0) is 36.6. The first-order chi connectivity index (χ1) is 24.9. The third-order valence-corrected chi connectivity index (χ3v) is 12.6. The molecule has 10 heteroatoms. The van der Waals surface area contributed by atoms with Crippen LogP contribution < -0.4 is 10.4 Å². The van der Waals surface area contributed by atoms with Crippen LogP contribution in [0.25, 0.3) is 11.3 Å². The largest absolute Gasteiger partial charge is 0.482 e. The summed E-state index contributed by atoms with van der Waals surface area (Å²) in [6.07, 6.45) is 2.15. The number of aliphatic hydroxyl groups excluding tert-OH is 1. The topological polar surface area (TPSA) is 141 Å². The monoisotopic (exact) mass is 702 g/mol. The highest BCUT2D eigenvalue weighted by Gasteiger charge is 2.71. The number of pyridine rings is 1. The summed E-state index contributed by atoms with van der Waals surface area (Å²) in [5.41, 5.74) is 1.51. The summed E-state index contributed by atoms with van der Waals surface area (Å²) in [4.78, 5) is 31.8. The molecule has 0 unspecified atom stereocenters. The van der Waals surface area contributed by atoms with Crippen LogP contribution in [0, 0.1) is 47.8 Å². The normalized spacial score (nSPS) is 33.2. The molecule has 2 aliphatic heterocycles. The molecule has 4 heterocycles. The van der Waals surface area contributed by atoms with Crippen LogP contribution in [0.15, 0.2) is 82.3 Å². The number of nitrogens with zero attached hydrogens (tertiary/aromatic N) is 2. The molecule has 0 bridgehead atoms. The van der Waals surface area contributed by atoms with Crippen molar-refractivity contribution in [2.75, 3.05) is 6.61 Å². The molecule has 3 fully saturated rings. The van der Waals surface area contributed by atoms with E-state index in [0.717, 1.165) is 16.7 Å². The lowest BCUT2D eigenvalue weighted by Gasteiger charge is -2.67. The quantitative estimate of drug-likeness (QED) is 0.218. The van der Waals surface area contributed by atoms with Crippen LogP contribution in [0.1, 0.15) is 90.6 Å². The first-order valence-corrected chi connectivity index (χ1v) is 17.9. The number of esters is 1. The van der Waals surface area contributed by atoms with Gasteiger partial charge in [-0.15, -0.1) is 0 Å². The third kappa shape index (κ3) is 5.20. The van der Waals surface area contributed by atoms with E-state index in [2.05, 4.69) is 50.9 Å². The standard InChI is InChI=1S/C42H42N2O8/c1-23-8-6-9-24(2)33(23)39-48-22-41(4)30-19-32(50-37(46)26-13-11-25(20-43)12-14-26)42(5)36(40(30,3)16-15-31(41)51-39)35(45)34-29(52-42)18-28(49-38(34)47)27-10-7-17-44-21-27/h6-14,17-18,21,30-32,35-36,39,45H,15-16,19,22H2,1-5H3/t30-,31+,32+,35+,36-,39-,40+,41+,42-/m1/s1. The number of carbonyl (C=O) groups excluding carboxylic acids is 1. The number of aryl methyl sites for hydroxylation is 2. The minimum Gasteiger partial charge on any atom is -0.482 e. The van der Waals surface area contributed by atoms with E-state index in [1.165, 1.54) is 0 Å². The lowest BCUT2D eigenvalue weighted by molar-refractivity contribution is -0.330. The Labute approximate surface area is 302 Å². The number of ether oxygens (including phenoxy) is 4. The number of hydrogen-bond acceptors (Lipinski definition) is 10. The smallest absolute Gasteiger partial charge is 0.345 e. The van der Waals surface area contributed by atoms with Gasteiger partial charge in [-0.3, -0.25) is 4.98 Å². The van der Waals surface area contributed by atoms with Gasteiger partial charge < -0.3 is 28.5 Å². The minimum absolute atomic E-state index is 0.0488. The number of hydrogen-bond donors (Lipinski definition) is 1. The molecule has 268 valence electrons. The maximum Gasteiger partial charge on any atom is 0.345 e. The van der Waals surface area contributed by atoms with Crippen LogP contribution in [0.2, 0.25) is 0 Å². The summed E-state index contributed by atoms with van der Waals surface area (Å²) in [5, 5.41) is 21.8. The Balaban J connectivity index is 1.21. The molecule has 10 nitrogen and oxygen atoms in total. The number of aliphatic hydroxyl groups is 1. The Bertz CT molecular complexity index is 2120. The van der Waals surface area contributed by atoms with E-state index in [1.807, 2.05) is 13.0 Å². The molecule has 2 saturated carbocycles. The highest BCUT2D eigenvalue weighted by atomic mass is 16.7. The van der Waals surface area contributed by atoms with Crippen LogP contribution in [0.3, 0.4) is 0 Å². The zero-order valence-electron chi connectivity index (χ0n) is 29.9. The SMILES string of the molecule is Cc1cccc(C)c1[C@@H]1OC[C@@]2(C)[C@@H]3C[C@H](OC(=O)c4ccc(C#N)cc4)[C@@]4(C)Oc5cc(-c6cccnc6)oc(=O)c5[C@H](O)[C@@H]4[C@@]3(C)CC[C@@H]2O1. The van der Waals surface area contributed by atoms with E-state index < -0.39 is 52.4 Å². The molecule has 2 aromatic carbocycles. The Morgan fingerprint density at radius 3 is 2.46 bits per heavy atom. The predicted molar refractivity (Wildman–Crippen MR) is 189 cm³/mol.